The molecule has 0 aromatic heterocycles. The number of aliphatic hydroxyl groups is 7. The molecule has 0 amide bonds. The Kier molecular flexibility index (Phi) is 34.9. The SMILES string of the molecule is CC/C=C\C/C=C\C/C=C\C/C=C\C/C=C\C/C=C\CCC(=O)OC(COCCC/C=C\C/C=C\C/C=C\C/C=C\CC)COC1OC(COC2OC(CO)C(O)C(O)C2O)C(O)C(O)C1O. The molecule has 67 heavy (non-hydrogen) atoms. The summed E-state index contributed by atoms with van der Waals surface area (Å²) in [6.45, 7) is 3.15. The zero-order valence-corrected chi connectivity index (χ0v) is 39.8. The van der Waals surface area contributed by atoms with Gasteiger partial charge in [0.05, 0.1) is 26.4 Å². The maximum atomic E-state index is 12.9. The van der Waals surface area contributed by atoms with Crippen LogP contribution in [-0.2, 0) is 33.2 Å². The molecule has 11 unspecified atom stereocenters. The minimum Gasteiger partial charge on any atom is -0.457 e. The average molecular weight is 943 g/mol. The maximum Gasteiger partial charge on any atom is 0.306 e. The Morgan fingerprint density at radius 3 is 1.36 bits per heavy atom. The van der Waals surface area contributed by atoms with E-state index >= 15 is 0 Å². The van der Waals surface area contributed by atoms with Crippen LogP contribution in [-0.4, -0.2) is 142 Å². The maximum absolute atomic E-state index is 12.9. The molecule has 0 aliphatic carbocycles. The fourth-order valence-electron chi connectivity index (χ4n) is 6.61. The molecule has 2 aliphatic rings. The zero-order valence-electron chi connectivity index (χ0n) is 39.8. The van der Waals surface area contributed by atoms with Gasteiger partial charge in [-0.05, 0) is 83.5 Å². The molecule has 0 radical (unpaired) electrons. The normalized spacial score (nSPS) is 27.2. The Labute approximate surface area is 399 Å². The number of carbonyl (C=O) groups excluding carboxylic acids is 1. The lowest BCUT2D eigenvalue weighted by atomic mass is 9.98. The van der Waals surface area contributed by atoms with Crippen molar-refractivity contribution < 1.29 is 69.0 Å². The summed E-state index contributed by atoms with van der Waals surface area (Å²) in [5.41, 5.74) is 0. The van der Waals surface area contributed by atoms with Crippen molar-refractivity contribution in [1.82, 2.24) is 0 Å². The van der Waals surface area contributed by atoms with Crippen molar-refractivity contribution in [3.63, 3.8) is 0 Å². The van der Waals surface area contributed by atoms with Crippen LogP contribution in [0.5, 0.6) is 0 Å². The molecule has 11 atom stereocenters. The van der Waals surface area contributed by atoms with Gasteiger partial charge in [0.2, 0.25) is 0 Å². The van der Waals surface area contributed by atoms with Crippen LogP contribution < -0.4 is 0 Å². The van der Waals surface area contributed by atoms with Gasteiger partial charge in [-0.15, -0.1) is 0 Å². The van der Waals surface area contributed by atoms with Gasteiger partial charge < -0.3 is 64.2 Å². The Morgan fingerprint density at radius 2 is 0.896 bits per heavy atom. The first-order valence-corrected chi connectivity index (χ1v) is 24.1. The van der Waals surface area contributed by atoms with E-state index < -0.39 is 86.7 Å². The van der Waals surface area contributed by atoms with E-state index in [1.54, 1.807) is 0 Å². The standard InChI is InChI=1S/C53H82O14/c1-3-5-7-9-11-13-15-17-19-20-21-22-23-24-26-28-30-32-34-36-45(55)65-42(39-62-37-35-33-31-29-27-25-18-16-14-12-10-8-6-4-2)40-63-52-51(61)49(59)47(57)44(67-52)41-64-53-50(60)48(58)46(56)43(38-54)66-53/h5-8,11-14,17-19,21-22,24-26,29-32,42-44,46-54,56-61H,3-4,9-10,15-16,20,23,27-28,33-41H2,1-2H3/b7-5-,8-6-,13-11-,14-12-,19-17-,22-21-,25-18-,26-24-,31-29-,32-30-. The number of esters is 1. The number of rotatable bonds is 35. The van der Waals surface area contributed by atoms with Gasteiger partial charge >= 0.3 is 5.97 Å². The number of allylic oxidation sites excluding steroid dienone is 20. The molecule has 14 heteroatoms. The second-order valence-corrected chi connectivity index (χ2v) is 16.2. The topological polar surface area (TPSA) is 214 Å². The third-order valence-electron chi connectivity index (χ3n) is 10.5. The van der Waals surface area contributed by atoms with E-state index in [2.05, 4.69) is 123 Å². The molecule has 14 nitrogen and oxygen atoms in total. The minimum atomic E-state index is -1.74. The molecule has 2 rings (SSSR count). The summed E-state index contributed by atoms with van der Waals surface area (Å²) in [6.07, 6.45) is 37.2. The predicted octanol–water partition coefficient (Wildman–Crippen LogP) is 6.62. The molecule has 0 saturated carbocycles. The fourth-order valence-corrected chi connectivity index (χ4v) is 6.61. The van der Waals surface area contributed by atoms with Crippen molar-refractivity contribution in [3.05, 3.63) is 122 Å². The number of hydrogen-bond donors (Lipinski definition) is 7. The van der Waals surface area contributed by atoms with E-state index in [4.69, 9.17) is 28.4 Å². The lowest BCUT2D eigenvalue weighted by Gasteiger charge is -2.42. The molecular formula is C53H82O14. The van der Waals surface area contributed by atoms with Gasteiger partial charge in [0.25, 0.3) is 0 Å². The third kappa shape index (κ3) is 27.2. The van der Waals surface area contributed by atoms with Gasteiger partial charge in [0.1, 0.15) is 54.9 Å². The van der Waals surface area contributed by atoms with Crippen LogP contribution in [0.1, 0.15) is 104 Å². The van der Waals surface area contributed by atoms with Crippen molar-refractivity contribution in [3.8, 4) is 0 Å². The summed E-state index contributed by atoms with van der Waals surface area (Å²) in [5, 5.41) is 72.0. The van der Waals surface area contributed by atoms with Crippen molar-refractivity contribution in [2.24, 2.45) is 0 Å². The molecule has 0 spiro atoms. The highest BCUT2D eigenvalue weighted by atomic mass is 16.7. The highest BCUT2D eigenvalue weighted by Crippen LogP contribution is 2.26. The van der Waals surface area contributed by atoms with Crippen molar-refractivity contribution in [1.29, 1.82) is 0 Å². The number of hydrogen-bond acceptors (Lipinski definition) is 14. The van der Waals surface area contributed by atoms with Crippen molar-refractivity contribution in [2.75, 3.05) is 33.0 Å². The molecule has 2 saturated heterocycles. The van der Waals surface area contributed by atoms with Crippen LogP contribution in [0.4, 0.5) is 0 Å². The fraction of sp³-hybridized carbons (Fsp3) is 0.604. The lowest BCUT2D eigenvalue weighted by molar-refractivity contribution is -0.332. The second kappa shape index (κ2) is 39.3. The van der Waals surface area contributed by atoms with Gasteiger partial charge in [-0.25, -0.2) is 0 Å². The van der Waals surface area contributed by atoms with Gasteiger partial charge in [-0.1, -0.05) is 135 Å². The smallest absolute Gasteiger partial charge is 0.306 e. The van der Waals surface area contributed by atoms with Crippen molar-refractivity contribution >= 4 is 5.97 Å². The van der Waals surface area contributed by atoms with Gasteiger partial charge in [-0.2, -0.15) is 0 Å². The summed E-state index contributed by atoms with van der Waals surface area (Å²) in [6, 6.07) is 0. The number of carbonyl (C=O) groups is 1. The van der Waals surface area contributed by atoms with Crippen LogP contribution in [0.2, 0.25) is 0 Å². The number of ether oxygens (including phenoxy) is 6. The number of aliphatic hydroxyl groups excluding tert-OH is 7. The summed E-state index contributed by atoms with van der Waals surface area (Å²) in [5.74, 6) is -0.483. The molecule has 7 N–H and O–H groups in total. The highest BCUT2D eigenvalue weighted by molar-refractivity contribution is 5.69. The van der Waals surface area contributed by atoms with E-state index in [0.717, 1.165) is 77.0 Å². The van der Waals surface area contributed by atoms with Crippen LogP contribution in [0.15, 0.2) is 122 Å². The molecule has 2 fully saturated rings. The average Bonchev–Trinajstić information content (AvgIpc) is 3.32. The molecule has 0 aromatic rings. The first kappa shape index (κ1) is 59.5. The van der Waals surface area contributed by atoms with E-state index in [1.807, 2.05) is 12.2 Å². The Balaban J connectivity index is 1.86. The Hall–Kier alpha value is -3.61. The third-order valence-corrected chi connectivity index (χ3v) is 10.5. The summed E-state index contributed by atoms with van der Waals surface area (Å²) >= 11 is 0. The van der Waals surface area contributed by atoms with Crippen LogP contribution in [0.25, 0.3) is 0 Å². The van der Waals surface area contributed by atoms with E-state index in [9.17, 15) is 40.5 Å². The van der Waals surface area contributed by atoms with E-state index in [1.165, 1.54) is 0 Å². The summed E-state index contributed by atoms with van der Waals surface area (Å²) in [4.78, 5) is 12.9. The molecule has 0 bridgehead atoms. The van der Waals surface area contributed by atoms with Crippen molar-refractivity contribution in [2.45, 2.75) is 171 Å². The predicted molar refractivity (Wildman–Crippen MR) is 260 cm³/mol. The Morgan fingerprint density at radius 1 is 0.493 bits per heavy atom. The summed E-state index contributed by atoms with van der Waals surface area (Å²) in [7, 11) is 0. The molecule has 378 valence electrons. The quantitative estimate of drug-likeness (QED) is 0.0202. The van der Waals surface area contributed by atoms with Gasteiger partial charge in [0, 0.05) is 13.0 Å². The highest BCUT2D eigenvalue weighted by Gasteiger charge is 2.47. The molecule has 0 aromatic carbocycles. The molecular weight excluding hydrogens is 861 g/mol. The molecule has 2 heterocycles. The van der Waals surface area contributed by atoms with Gasteiger partial charge in [-0.3, -0.25) is 4.79 Å². The van der Waals surface area contributed by atoms with E-state index in [-0.39, 0.29) is 19.6 Å². The van der Waals surface area contributed by atoms with Crippen LogP contribution >= 0.6 is 0 Å². The lowest BCUT2D eigenvalue weighted by Crippen LogP contribution is -2.61. The van der Waals surface area contributed by atoms with Crippen LogP contribution in [0, 0.1) is 0 Å². The first-order valence-electron chi connectivity index (χ1n) is 24.1. The zero-order chi connectivity index (χ0) is 48.7. The van der Waals surface area contributed by atoms with Gasteiger partial charge in [0.15, 0.2) is 12.6 Å². The monoisotopic (exact) mass is 943 g/mol. The largest absolute Gasteiger partial charge is 0.457 e. The number of unbranched alkanes of at least 4 members (excludes halogenated alkanes) is 1. The van der Waals surface area contributed by atoms with Crippen LogP contribution in [0.3, 0.4) is 0 Å². The Bertz CT molecular complexity index is 1560. The van der Waals surface area contributed by atoms with E-state index in [0.29, 0.717) is 13.0 Å². The summed E-state index contributed by atoms with van der Waals surface area (Å²) < 4.78 is 34.0. The second-order valence-electron chi connectivity index (χ2n) is 16.2. The minimum absolute atomic E-state index is 0.0164. The molecule has 2 aliphatic heterocycles. The first-order chi connectivity index (χ1) is 32.6.